The van der Waals surface area contributed by atoms with E-state index >= 15 is 0 Å². The predicted octanol–water partition coefficient (Wildman–Crippen LogP) is 2.38. The van der Waals surface area contributed by atoms with Crippen molar-refractivity contribution in [2.45, 2.75) is 31.6 Å². The van der Waals surface area contributed by atoms with Gasteiger partial charge in [0.15, 0.2) is 0 Å². The van der Waals surface area contributed by atoms with Crippen molar-refractivity contribution in [3.63, 3.8) is 0 Å². The van der Waals surface area contributed by atoms with E-state index in [2.05, 4.69) is 4.74 Å². The SMILES string of the molecule is COC(=O)CCc1ccc(O)c(C2CC2)c1. The normalized spacial score (nSPS) is 14.8. The van der Waals surface area contributed by atoms with Crippen molar-refractivity contribution in [2.75, 3.05) is 7.11 Å². The molecule has 0 radical (unpaired) electrons. The van der Waals surface area contributed by atoms with Crippen LogP contribution in [0.1, 0.15) is 36.3 Å². The van der Waals surface area contributed by atoms with Gasteiger partial charge in [0.25, 0.3) is 0 Å². The second-order valence-electron chi connectivity index (χ2n) is 4.24. The number of methoxy groups -OCH3 is 1. The topological polar surface area (TPSA) is 46.5 Å². The number of carbonyl (C=O) groups is 1. The van der Waals surface area contributed by atoms with Crippen LogP contribution in [-0.2, 0) is 16.0 Å². The molecule has 0 aromatic heterocycles. The van der Waals surface area contributed by atoms with Gasteiger partial charge in [0.2, 0.25) is 0 Å². The van der Waals surface area contributed by atoms with E-state index in [0.29, 0.717) is 24.5 Å². The molecule has 1 aliphatic carbocycles. The largest absolute Gasteiger partial charge is 0.508 e. The molecule has 1 aromatic carbocycles. The minimum absolute atomic E-state index is 0.193. The molecule has 0 spiro atoms. The van der Waals surface area contributed by atoms with Crippen molar-refractivity contribution in [1.82, 2.24) is 0 Å². The summed E-state index contributed by atoms with van der Waals surface area (Å²) < 4.78 is 4.60. The minimum atomic E-state index is -0.193. The maximum Gasteiger partial charge on any atom is 0.305 e. The van der Waals surface area contributed by atoms with Gasteiger partial charge in [0.1, 0.15) is 5.75 Å². The Bertz CT molecular complexity index is 394. The zero-order chi connectivity index (χ0) is 11.5. The van der Waals surface area contributed by atoms with Crippen molar-refractivity contribution in [2.24, 2.45) is 0 Å². The van der Waals surface area contributed by atoms with Crippen LogP contribution < -0.4 is 0 Å². The molecule has 0 unspecified atom stereocenters. The molecule has 1 fully saturated rings. The Morgan fingerprint density at radius 1 is 1.50 bits per heavy atom. The number of benzene rings is 1. The molecule has 1 aromatic rings. The van der Waals surface area contributed by atoms with E-state index < -0.39 is 0 Å². The number of aromatic hydroxyl groups is 1. The number of esters is 1. The number of carbonyl (C=O) groups excluding carboxylic acids is 1. The zero-order valence-corrected chi connectivity index (χ0v) is 9.40. The Labute approximate surface area is 95.0 Å². The van der Waals surface area contributed by atoms with Gasteiger partial charge in [-0.25, -0.2) is 0 Å². The van der Waals surface area contributed by atoms with Gasteiger partial charge in [-0.2, -0.15) is 0 Å². The zero-order valence-electron chi connectivity index (χ0n) is 9.40. The highest BCUT2D eigenvalue weighted by atomic mass is 16.5. The average molecular weight is 220 g/mol. The highest BCUT2D eigenvalue weighted by Gasteiger charge is 2.26. The second kappa shape index (κ2) is 4.56. The summed E-state index contributed by atoms with van der Waals surface area (Å²) in [5.41, 5.74) is 2.12. The van der Waals surface area contributed by atoms with Crippen molar-refractivity contribution >= 4 is 5.97 Å². The van der Waals surface area contributed by atoms with Crippen LogP contribution in [0.25, 0.3) is 0 Å². The first-order valence-corrected chi connectivity index (χ1v) is 5.59. The van der Waals surface area contributed by atoms with Crippen LogP contribution in [0.4, 0.5) is 0 Å². The fraction of sp³-hybridized carbons (Fsp3) is 0.462. The van der Waals surface area contributed by atoms with Gasteiger partial charge in [-0.05, 0) is 42.4 Å². The first kappa shape index (κ1) is 11.0. The standard InChI is InChI=1S/C13H16O3/c1-16-13(15)7-3-9-2-6-12(14)11(8-9)10-4-5-10/h2,6,8,10,14H,3-5,7H2,1H3. The number of phenols is 1. The summed E-state index contributed by atoms with van der Waals surface area (Å²) in [4.78, 5) is 11.0. The van der Waals surface area contributed by atoms with Gasteiger partial charge in [-0.1, -0.05) is 12.1 Å². The molecule has 2 rings (SSSR count). The predicted molar refractivity (Wildman–Crippen MR) is 60.4 cm³/mol. The van der Waals surface area contributed by atoms with Gasteiger partial charge >= 0.3 is 5.97 Å². The van der Waals surface area contributed by atoms with Gasteiger partial charge in [-0.15, -0.1) is 0 Å². The molecular formula is C13H16O3. The fourth-order valence-electron chi connectivity index (χ4n) is 1.83. The Morgan fingerprint density at radius 2 is 2.25 bits per heavy atom. The van der Waals surface area contributed by atoms with Crippen LogP contribution >= 0.6 is 0 Å². The smallest absolute Gasteiger partial charge is 0.305 e. The van der Waals surface area contributed by atoms with E-state index in [4.69, 9.17) is 0 Å². The van der Waals surface area contributed by atoms with E-state index in [9.17, 15) is 9.90 Å². The monoisotopic (exact) mass is 220 g/mol. The van der Waals surface area contributed by atoms with Crippen molar-refractivity contribution < 1.29 is 14.6 Å². The summed E-state index contributed by atoms with van der Waals surface area (Å²) in [6.45, 7) is 0. The maximum atomic E-state index is 11.0. The Kier molecular flexibility index (Phi) is 3.13. The van der Waals surface area contributed by atoms with Crippen molar-refractivity contribution in [1.29, 1.82) is 0 Å². The minimum Gasteiger partial charge on any atom is -0.508 e. The Morgan fingerprint density at radius 3 is 2.88 bits per heavy atom. The van der Waals surface area contributed by atoms with Gasteiger partial charge in [0.05, 0.1) is 7.11 Å². The lowest BCUT2D eigenvalue weighted by Crippen LogP contribution is -2.02. The Balaban J connectivity index is 2.04. The summed E-state index contributed by atoms with van der Waals surface area (Å²) in [6, 6.07) is 5.60. The summed E-state index contributed by atoms with van der Waals surface area (Å²) in [5.74, 6) is 0.712. The molecule has 0 aliphatic heterocycles. The number of phenolic OH excluding ortho intramolecular Hbond substituents is 1. The average Bonchev–Trinajstić information content (AvgIpc) is 3.11. The van der Waals surface area contributed by atoms with Crippen LogP contribution in [0.2, 0.25) is 0 Å². The van der Waals surface area contributed by atoms with Crippen LogP contribution in [-0.4, -0.2) is 18.2 Å². The first-order valence-electron chi connectivity index (χ1n) is 5.59. The van der Waals surface area contributed by atoms with E-state index in [0.717, 1.165) is 24.0 Å². The Hall–Kier alpha value is -1.51. The van der Waals surface area contributed by atoms with E-state index in [-0.39, 0.29) is 5.97 Å². The molecule has 0 saturated heterocycles. The molecule has 3 nitrogen and oxygen atoms in total. The van der Waals surface area contributed by atoms with E-state index in [1.165, 1.54) is 7.11 Å². The first-order chi connectivity index (χ1) is 7.70. The highest BCUT2D eigenvalue weighted by molar-refractivity contribution is 5.69. The third kappa shape index (κ3) is 2.54. The van der Waals surface area contributed by atoms with Gasteiger partial charge < -0.3 is 9.84 Å². The van der Waals surface area contributed by atoms with Gasteiger partial charge in [-0.3, -0.25) is 4.79 Å². The quantitative estimate of drug-likeness (QED) is 0.792. The maximum absolute atomic E-state index is 11.0. The molecule has 0 atom stereocenters. The summed E-state index contributed by atoms with van der Waals surface area (Å²) in [6.07, 6.45) is 3.39. The van der Waals surface area contributed by atoms with E-state index in [1.54, 1.807) is 6.07 Å². The molecule has 0 amide bonds. The number of aryl methyl sites for hydroxylation is 1. The lowest BCUT2D eigenvalue weighted by atomic mass is 10.0. The lowest BCUT2D eigenvalue weighted by Gasteiger charge is -2.06. The molecule has 1 N–H and O–H groups in total. The highest BCUT2D eigenvalue weighted by Crippen LogP contribution is 2.44. The van der Waals surface area contributed by atoms with Crippen LogP contribution in [0, 0.1) is 0 Å². The molecule has 1 saturated carbocycles. The third-order valence-electron chi connectivity index (χ3n) is 2.95. The molecule has 0 heterocycles. The number of ether oxygens (including phenoxy) is 1. The third-order valence-corrected chi connectivity index (χ3v) is 2.95. The van der Waals surface area contributed by atoms with Crippen LogP contribution in [0.3, 0.4) is 0 Å². The molecule has 3 heteroatoms. The number of hydrogen-bond donors (Lipinski definition) is 1. The number of hydrogen-bond acceptors (Lipinski definition) is 3. The molecule has 16 heavy (non-hydrogen) atoms. The fourth-order valence-corrected chi connectivity index (χ4v) is 1.83. The van der Waals surface area contributed by atoms with Crippen LogP contribution in [0.15, 0.2) is 18.2 Å². The van der Waals surface area contributed by atoms with Crippen molar-refractivity contribution in [3.05, 3.63) is 29.3 Å². The van der Waals surface area contributed by atoms with Crippen molar-refractivity contribution in [3.8, 4) is 5.75 Å². The summed E-state index contributed by atoms with van der Waals surface area (Å²) >= 11 is 0. The summed E-state index contributed by atoms with van der Waals surface area (Å²) in [5, 5.41) is 9.68. The van der Waals surface area contributed by atoms with E-state index in [1.807, 2.05) is 12.1 Å². The lowest BCUT2D eigenvalue weighted by molar-refractivity contribution is -0.140. The second-order valence-corrected chi connectivity index (χ2v) is 4.24. The molecular weight excluding hydrogens is 204 g/mol. The van der Waals surface area contributed by atoms with Gasteiger partial charge in [0, 0.05) is 6.42 Å². The number of rotatable bonds is 4. The molecule has 0 bridgehead atoms. The van der Waals surface area contributed by atoms with Crippen LogP contribution in [0.5, 0.6) is 5.75 Å². The summed E-state index contributed by atoms with van der Waals surface area (Å²) in [7, 11) is 1.40. The molecule has 86 valence electrons. The molecule has 1 aliphatic rings.